The lowest BCUT2D eigenvalue weighted by molar-refractivity contribution is 0.0468. The van der Waals surface area contributed by atoms with Crippen LogP contribution in [0.1, 0.15) is 13.8 Å². The Morgan fingerprint density at radius 1 is 1.58 bits per heavy atom. The second-order valence-electron chi connectivity index (χ2n) is 3.80. The maximum Gasteiger partial charge on any atom is 0.0635 e. The van der Waals surface area contributed by atoms with Crippen molar-refractivity contribution >= 4 is 0 Å². The molecule has 0 aromatic rings. The fraction of sp³-hybridized carbons (Fsp3) is 1.00. The highest BCUT2D eigenvalue weighted by Gasteiger charge is 2.16. The Morgan fingerprint density at radius 2 is 2.33 bits per heavy atom. The maximum atomic E-state index is 5.54. The minimum atomic E-state index is 0.346. The van der Waals surface area contributed by atoms with Crippen molar-refractivity contribution < 1.29 is 4.74 Å². The smallest absolute Gasteiger partial charge is 0.0635 e. The Kier molecular flexibility index (Phi) is 3.98. The first-order chi connectivity index (χ1) is 5.68. The molecule has 0 bridgehead atoms. The summed E-state index contributed by atoms with van der Waals surface area (Å²) in [4.78, 5) is 2.34. The van der Waals surface area contributed by atoms with E-state index in [0.29, 0.717) is 12.1 Å². The van der Waals surface area contributed by atoms with Gasteiger partial charge in [0.1, 0.15) is 0 Å². The molecule has 0 aromatic carbocycles. The van der Waals surface area contributed by atoms with Crippen LogP contribution in [-0.2, 0) is 4.74 Å². The second-order valence-corrected chi connectivity index (χ2v) is 3.80. The van der Waals surface area contributed by atoms with Gasteiger partial charge in [-0.1, -0.05) is 0 Å². The van der Waals surface area contributed by atoms with E-state index in [2.05, 4.69) is 31.1 Å². The van der Waals surface area contributed by atoms with Gasteiger partial charge in [0.2, 0.25) is 0 Å². The van der Waals surface area contributed by atoms with Gasteiger partial charge in [-0.3, -0.25) is 0 Å². The van der Waals surface area contributed by atoms with Crippen LogP contribution in [0.15, 0.2) is 0 Å². The highest BCUT2D eigenvalue weighted by molar-refractivity contribution is 4.76. The van der Waals surface area contributed by atoms with Crippen LogP contribution in [-0.4, -0.2) is 50.3 Å². The molecule has 3 heteroatoms. The number of ether oxygens (including phenoxy) is 1. The maximum absolute atomic E-state index is 5.54. The van der Waals surface area contributed by atoms with Crippen molar-refractivity contribution in [3.05, 3.63) is 0 Å². The molecule has 0 spiro atoms. The summed E-state index contributed by atoms with van der Waals surface area (Å²) < 4.78 is 5.54. The van der Waals surface area contributed by atoms with Gasteiger partial charge in [0.05, 0.1) is 12.7 Å². The summed E-state index contributed by atoms with van der Waals surface area (Å²) in [6.07, 6.45) is 0.346. The summed E-state index contributed by atoms with van der Waals surface area (Å²) >= 11 is 0. The third-order valence-electron chi connectivity index (χ3n) is 2.09. The van der Waals surface area contributed by atoms with Crippen LogP contribution in [0.5, 0.6) is 0 Å². The Hall–Kier alpha value is -0.120. The monoisotopic (exact) mass is 172 g/mol. The zero-order chi connectivity index (χ0) is 8.97. The highest BCUT2D eigenvalue weighted by atomic mass is 16.5. The van der Waals surface area contributed by atoms with E-state index in [-0.39, 0.29) is 0 Å². The molecule has 1 aliphatic rings. The average molecular weight is 172 g/mol. The van der Waals surface area contributed by atoms with Crippen LogP contribution in [0.25, 0.3) is 0 Å². The zero-order valence-electron chi connectivity index (χ0n) is 8.34. The molecule has 1 fully saturated rings. The summed E-state index contributed by atoms with van der Waals surface area (Å²) in [6, 6.07) is 0.520. The van der Waals surface area contributed by atoms with E-state index in [4.69, 9.17) is 4.74 Å². The number of nitrogens with one attached hydrogen (secondary N) is 1. The third-order valence-corrected chi connectivity index (χ3v) is 2.09. The number of piperazine rings is 1. The molecule has 3 nitrogen and oxygen atoms in total. The molecule has 1 heterocycles. The van der Waals surface area contributed by atoms with E-state index < -0.39 is 0 Å². The summed E-state index contributed by atoms with van der Waals surface area (Å²) in [5, 5.41) is 3.44. The minimum Gasteiger partial charge on any atom is -0.377 e. The molecule has 1 rings (SSSR count). The molecule has 1 atom stereocenters. The SMILES string of the molecule is CC(C)OCC1CN(C)CCN1. The molecular formula is C9H20N2O. The predicted molar refractivity (Wildman–Crippen MR) is 50.4 cm³/mol. The van der Waals surface area contributed by atoms with Crippen molar-refractivity contribution in [3.63, 3.8) is 0 Å². The van der Waals surface area contributed by atoms with Gasteiger partial charge in [-0.15, -0.1) is 0 Å². The first kappa shape index (κ1) is 9.96. The molecule has 1 unspecified atom stereocenters. The molecule has 1 aliphatic heterocycles. The fourth-order valence-corrected chi connectivity index (χ4v) is 1.41. The van der Waals surface area contributed by atoms with E-state index >= 15 is 0 Å². The zero-order valence-corrected chi connectivity index (χ0v) is 8.34. The predicted octanol–water partition coefficient (Wildman–Crippen LogP) is 0.315. The van der Waals surface area contributed by atoms with E-state index in [0.717, 1.165) is 26.2 Å². The van der Waals surface area contributed by atoms with Crippen molar-refractivity contribution in [2.75, 3.05) is 33.3 Å². The molecule has 0 aliphatic carbocycles. The Bertz CT molecular complexity index is 128. The molecule has 12 heavy (non-hydrogen) atoms. The van der Waals surface area contributed by atoms with Crippen molar-refractivity contribution in [2.24, 2.45) is 0 Å². The lowest BCUT2D eigenvalue weighted by Crippen LogP contribution is -2.51. The number of hydrogen-bond acceptors (Lipinski definition) is 3. The Labute approximate surface area is 75.1 Å². The van der Waals surface area contributed by atoms with Crippen LogP contribution >= 0.6 is 0 Å². The second kappa shape index (κ2) is 4.80. The number of nitrogens with zero attached hydrogens (tertiary/aromatic N) is 1. The first-order valence-electron chi connectivity index (χ1n) is 4.72. The number of rotatable bonds is 3. The minimum absolute atomic E-state index is 0.346. The summed E-state index contributed by atoms with van der Waals surface area (Å²) in [5.41, 5.74) is 0. The van der Waals surface area contributed by atoms with Crippen LogP contribution in [0, 0.1) is 0 Å². The topological polar surface area (TPSA) is 24.5 Å². The molecule has 72 valence electrons. The normalized spacial score (nSPS) is 26.5. The lowest BCUT2D eigenvalue weighted by Gasteiger charge is -2.31. The van der Waals surface area contributed by atoms with Crippen LogP contribution in [0.4, 0.5) is 0 Å². The first-order valence-corrected chi connectivity index (χ1v) is 4.72. The molecule has 0 radical (unpaired) electrons. The van der Waals surface area contributed by atoms with Gasteiger partial charge in [-0.05, 0) is 20.9 Å². The Morgan fingerprint density at radius 3 is 2.92 bits per heavy atom. The highest BCUT2D eigenvalue weighted by Crippen LogP contribution is 1.98. The van der Waals surface area contributed by atoms with Gasteiger partial charge < -0.3 is 15.0 Å². The van der Waals surface area contributed by atoms with E-state index in [1.165, 1.54) is 0 Å². The van der Waals surface area contributed by atoms with Gasteiger partial charge in [0, 0.05) is 25.7 Å². The summed E-state index contributed by atoms with van der Waals surface area (Å²) in [5.74, 6) is 0. The molecule has 1 saturated heterocycles. The molecule has 0 aromatic heterocycles. The van der Waals surface area contributed by atoms with Crippen LogP contribution in [0.3, 0.4) is 0 Å². The van der Waals surface area contributed by atoms with Crippen molar-refractivity contribution in [3.8, 4) is 0 Å². The summed E-state index contributed by atoms with van der Waals surface area (Å²) in [6.45, 7) is 8.33. The largest absolute Gasteiger partial charge is 0.377 e. The van der Waals surface area contributed by atoms with Gasteiger partial charge >= 0.3 is 0 Å². The molecule has 0 amide bonds. The van der Waals surface area contributed by atoms with Gasteiger partial charge in [-0.2, -0.15) is 0 Å². The van der Waals surface area contributed by atoms with Crippen molar-refractivity contribution in [1.29, 1.82) is 0 Å². The molecular weight excluding hydrogens is 152 g/mol. The number of likely N-dealkylation sites (N-methyl/N-ethyl adjacent to an activating group) is 1. The van der Waals surface area contributed by atoms with Gasteiger partial charge in [0.25, 0.3) is 0 Å². The lowest BCUT2D eigenvalue weighted by atomic mass is 10.2. The average Bonchev–Trinajstić information content (AvgIpc) is 2.01. The van der Waals surface area contributed by atoms with Crippen LogP contribution < -0.4 is 5.32 Å². The Balaban J connectivity index is 2.14. The van der Waals surface area contributed by atoms with Crippen molar-refractivity contribution in [2.45, 2.75) is 26.0 Å². The molecule has 0 saturated carbocycles. The van der Waals surface area contributed by atoms with E-state index in [9.17, 15) is 0 Å². The quantitative estimate of drug-likeness (QED) is 0.663. The standard InChI is InChI=1S/C9H20N2O/c1-8(2)12-7-9-6-11(3)5-4-10-9/h8-10H,4-7H2,1-3H3. The fourth-order valence-electron chi connectivity index (χ4n) is 1.41. The van der Waals surface area contributed by atoms with Gasteiger partial charge in [0.15, 0.2) is 0 Å². The van der Waals surface area contributed by atoms with Crippen molar-refractivity contribution in [1.82, 2.24) is 10.2 Å². The van der Waals surface area contributed by atoms with E-state index in [1.54, 1.807) is 0 Å². The van der Waals surface area contributed by atoms with Crippen LogP contribution in [0.2, 0.25) is 0 Å². The third kappa shape index (κ3) is 3.52. The van der Waals surface area contributed by atoms with E-state index in [1.807, 2.05) is 0 Å². The van der Waals surface area contributed by atoms with Gasteiger partial charge in [-0.25, -0.2) is 0 Å². The number of hydrogen-bond donors (Lipinski definition) is 1. The summed E-state index contributed by atoms with van der Waals surface area (Å²) in [7, 11) is 2.16. The molecule has 1 N–H and O–H groups in total.